The van der Waals surface area contributed by atoms with Crippen molar-refractivity contribution in [2.75, 3.05) is 11.4 Å². The molecule has 0 radical (unpaired) electrons. The monoisotopic (exact) mass is 388 g/mol. The number of alkyl halides is 3. The number of halogens is 3. The first kappa shape index (κ1) is 20.9. The molecule has 2 heterocycles. The lowest BCUT2D eigenvalue weighted by molar-refractivity contribution is -0.175. The molecule has 1 amide bonds. The Bertz CT molecular complexity index is 703. The van der Waals surface area contributed by atoms with Gasteiger partial charge in [-0.25, -0.2) is 14.8 Å². The molecule has 1 aromatic rings. The average Bonchev–Trinajstić information content (AvgIpc) is 2.52. The second kappa shape index (κ2) is 7.69. The number of nitrogens with zero attached hydrogens (tertiary/aromatic N) is 3. The predicted octanol–water partition coefficient (Wildman–Crippen LogP) is 2.14. The third kappa shape index (κ3) is 5.54. The van der Waals surface area contributed by atoms with Gasteiger partial charge in [-0.1, -0.05) is 0 Å². The minimum absolute atomic E-state index is 0.215. The van der Waals surface area contributed by atoms with E-state index in [1.54, 1.807) is 38.7 Å². The number of nitrogens with one attached hydrogen (secondary N) is 1. The number of hydrogen-bond acceptors (Lipinski definition) is 6. The van der Waals surface area contributed by atoms with Crippen molar-refractivity contribution in [3.05, 3.63) is 18.1 Å². The van der Waals surface area contributed by atoms with Crippen LogP contribution < -0.4 is 10.2 Å². The van der Waals surface area contributed by atoms with Crippen LogP contribution in [0.4, 0.5) is 19.0 Å². The normalized spacial score (nSPS) is 20.9. The van der Waals surface area contributed by atoms with E-state index < -0.39 is 35.7 Å². The van der Waals surface area contributed by atoms with Crippen LogP contribution in [0.5, 0.6) is 0 Å². The number of carbonyl (C=O) groups is 2. The zero-order valence-electron chi connectivity index (χ0n) is 15.6. The van der Waals surface area contributed by atoms with Gasteiger partial charge in [0.1, 0.15) is 23.3 Å². The Labute approximate surface area is 155 Å². The second-order valence-corrected chi connectivity index (χ2v) is 7.35. The first-order chi connectivity index (χ1) is 12.4. The Hall–Kier alpha value is -2.39. The molecule has 2 atom stereocenters. The van der Waals surface area contributed by atoms with Gasteiger partial charge in [-0.3, -0.25) is 4.79 Å². The first-order valence-corrected chi connectivity index (χ1v) is 8.55. The maximum atomic E-state index is 12.8. The molecule has 0 spiro atoms. The highest BCUT2D eigenvalue weighted by atomic mass is 19.4. The van der Waals surface area contributed by atoms with Crippen LogP contribution in [-0.2, 0) is 14.3 Å². The van der Waals surface area contributed by atoms with Gasteiger partial charge in [-0.05, 0) is 46.6 Å². The summed E-state index contributed by atoms with van der Waals surface area (Å²) < 4.78 is 43.5. The summed E-state index contributed by atoms with van der Waals surface area (Å²) in [5.41, 5.74) is -0.833. The van der Waals surface area contributed by atoms with E-state index in [0.29, 0.717) is 24.6 Å². The van der Waals surface area contributed by atoms with E-state index in [2.05, 4.69) is 9.97 Å². The molecule has 1 fully saturated rings. The van der Waals surface area contributed by atoms with Crippen LogP contribution in [0.25, 0.3) is 0 Å². The van der Waals surface area contributed by atoms with Gasteiger partial charge in [0.2, 0.25) is 0 Å². The van der Waals surface area contributed by atoms with Gasteiger partial charge >= 0.3 is 18.1 Å². The number of aromatic nitrogens is 2. The Kier molecular flexibility index (Phi) is 5.96. The summed E-state index contributed by atoms with van der Waals surface area (Å²) in [4.78, 5) is 34.0. The first-order valence-electron chi connectivity index (χ1n) is 8.55. The van der Waals surface area contributed by atoms with Crippen LogP contribution in [0.1, 0.15) is 39.4 Å². The number of hydrogen-bond donors (Lipinski definition) is 1. The quantitative estimate of drug-likeness (QED) is 0.799. The van der Waals surface area contributed by atoms with Gasteiger partial charge in [-0.15, -0.1) is 0 Å². The molecule has 1 saturated heterocycles. The standard InChI is InChI=1S/C17H23F3N4O3/c1-10-21-8-7-12(22-10)24-9-5-6-11(23-15(26)17(18,19)20)13(24)14(25)27-16(2,3)4/h7-8,11,13H,5-6,9H2,1-4H3,(H,23,26). The molecule has 1 aromatic heterocycles. The van der Waals surface area contributed by atoms with Crippen molar-refractivity contribution in [1.29, 1.82) is 0 Å². The molecule has 7 nitrogen and oxygen atoms in total. The van der Waals surface area contributed by atoms with Crippen molar-refractivity contribution in [3.63, 3.8) is 0 Å². The minimum Gasteiger partial charge on any atom is -0.458 e. The number of esters is 1. The molecule has 2 unspecified atom stereocenters. The molecule has 0 aliphatic carbocycles. The Balaban J connectivity index is 2.36. The summed E-state index contributed by atoms with van der Waals surface area (Å²) in [6.07, 6.45) is -2.84. The second-order valence-electron chi connectivity index (χ2n) is 7.35. The smallest absolute Gasteiger partial charge is 0.458 e. The zero-order valence-corrected chi connectivity index (χ0v) is 15.6. The molecule has 1 N–H and O–H groups in total. The predicted molar refractivity (Wildman–Crippen MR) is 91.0 cm³/mol. The molecule has 1 aliphatic rings. The lowest BCUT2D eigenvalue weighted by Gasteiger charge is -2.41. The third-order valence-corrected chi connectivity index (χ3v) is 3.91. The van der Waals surface area contributed by atoms with Crippen LogP contribution >= 0.6 is 0 Å². The fraction of sp³-hybridized carbons (Fsp3) is 0.647. The van der Waals surface area contributed by atoms with Gasteiger partial charge in [-0.2, -0.15) is 13.2 Å². The number of ether oxygens (including phenoxy) is 1. The van der Waals surface area contributed by atoms with Crippen molar-refractivity contribution in [3.8, 4) is 0 Å². The Morgan fingerprint density at radius 1 is 1.30 bits per heavy atom. The summed E-state index contributed by atoms with van der Waals surface area (Å²) >= 11 is 0. The van der Waals surface area contributed by atoms with E-state index in [0.717, 1.165) is 0 Å². The number of anilines is 1. The number of carbonyl (C=O) groups excluding carboxylic acids is 2. The van der Waals surface area contributed by atoms with E-state index in [1.165, 1.54) is 6.20 Å². The molecule has 150 valence electrons. The fourth-order valence-corrected chi connectivity index (χ4v) is 2.91. The van der Waals surface area contributed by atoms with Gasteiger partial charge < -0.3 is 15.0 Å². The molecule has 0 aromatic carbocycles. The van der Waals surface area contributed by atoms with E-state index in [-0.39, 0.29) is 6.42 Å². The Morgan fingerprint density at radius 2 is 1.96 bits per heavy atom. The molecular weight excluding hydrogens is 365 g/mol. The van der Waals surface area contributed by atoms with E-state index in [9.17, 15) is 22.8 Å². The minimum atomic E-state index is -5.04. The summed E-state index contributed by atoms with van der Waals surface area (Å²) in [5.74, 6) is -1.95. The maximum Gasteiger partial charge on any atom is 0.471 e. The average molecular weight is 388 g/mol. The SMILES string of the molecule is Cc1nccc(N2CCCC(NC(=O)C(F)(F)F)C2C(=O)OC(C)(C)C)n1. The largest absolute Gasteiger partial charge is 0.471 e. The van der Waals surface area contributed by atoms with Crippen LogP contribution in [0.3, 0.4) is 0 Å². The number of piperidine rings is 1. The van der Waals surface area contributed by atoms with Gasteiger partial charge in [0.25, 0.3) is 0 Å². The number of rotatable bonds is 3. The zero-order chi connectivity index (χ0) is 20.4. The van der Waals surface area contributed by atoms with Crippen LogP contribution in [0.15, 0.2) is 12.3 Å². The van der Waals surface area contributed by atoms with Crippen LogP contribution in [0.2, 0.25) is 0 Å². The van der Waals surface area contributed by atoms with Crippen molar-refractivity contribution in [2.45, 2.75) is 64.4 Å². The molecule has 10 heteroatoms. The number of amides is 1. The third-order valence-electron chi connectivity index (χ3n) is 3.91. The molecule has 1 aliphatic heterocycles. The number of aryl methyl sites for hydroxylation is 1. The van der Waals surface area contributed by atoms with Gasteiger partial charge in [0.15, 0.2) is 0 Å². The van der Waals surface area contributed by atoms with E-state index in [4.69, 9.17) is 4.74 Å². The highest BCUT2D eigenvalue weighted by Crippen LogP contribution is 2.27. The van der Waals surface area contributed by atoms with Crippen LogP contribution in [0, 0.1) is 6.92 Å². The fourth-order valence-electron chi connectivity index (χ4n) is 2.91. The summed E-state index contributed by atoms with van der Waals surface area (Å²) in [6.45, 7) is 7.04. The highest BCUT2D eigenvalue weighted by molar-refractivity contribution is 5.85. The molecule has 0 saturated carbocycles. The lowest BCUT2D eigenvalue weighted by atomic mass is 9.95. The van der Waals surface area contributed by atoms with Crippen molar-refractivity contribution in [1.82, 2.24) is 15.3 Å². The van der Waals surface area contributed by atoms with Crippen LogP contribution in [-0.4, -0.2) is 52.3 Å². The lowest BCUT2D eigenvalue weighted by Crippen LogP contribution is -2.61. The topological polar surface area (TPSA) is 84.4 Å². The van der Waals surface area contributed by atoms with Crippen molar-refractivity contribution in [2.24, 2.45) is 0 Å². The van der Waals surface area contributed by atoms with Gasteiger partial charge in [0, 0.05) is 12.7 Å². The molecule has 2 rings (SSSR count). The van der Waals surface area contributed by atoms with E-state index in [1.807, 2.05) is 5.32 Å². The molecule has 27 heavy (non-hydrogen) atoms. The van der Waals surface area contributed by atoms with E-state index >= 15 is 0 Å². The summed E-state index contributed by atoms with van der Waals surface area (Å²) in [7, 11) is 0. The van der Waals surface area contributed by atoms with Gasteiger partial charge in [0.05, 0.1) is 6.04 Å². The summed E-state index contributed by atoms with van der Waals surface area (Å²) in [6, 6.07) is -0.616. The molecule has 0 bridgehead atoms. The van der Waals surface area contributed by atoms with Crippen molar-refractivity contribution < 1.29 is 27.5 Å². The highest BCUT2D eigenvalue weighted by Gasteiger charge is 2.45. The Morgan fingerprint density at radius 3 is 2.52 bits per heavy atom. The van der Waals surface area contributed by atoms with Crippen molar-refractivity contribution >= 4 is 17.7 Å². The maximum absolute atomic E-state index is 12.8. The molecular formula is C17H23F3N4O3. The summed E-state index contributed by atoms with van der Waals surface area (Å²) in [5, 5.41) is 1.94.